The standard InChI is InChI=1S/C24H42N5O8P/c1-3-4-5-6-7-8-9-10-11-12-13-34-14-15-35-38(32,33)36-18-21-20(27-28-25)16-22(37-21)29-17-19(2)23(30)26-24(29)31/h17,20-22H,3-16,18H2,1-2H3,(H,32,33)(H,26,30,31). The minimum absolute atomic E-state index is 0.118. The van der Waals surface area contributed by atoms with Gasteiger partial charge >= 0.3 is 13.5 Å². The summed E-state index contributed by atoms with van der Waals surface area (Å²) in [5.74, 6) is 0. The van der Waals surface area contributed by atoms with Crippen molar-refractivity contribution in [2.45, 2.75) is 103 Å². The van der Waals surface area contributed by atoms with Gasteiger partial charge in [0.15, 0.2) is 0 Å². The van der Waals surface area contributed by atoms with E-state index in [1.165, 1.54) is 69.1 Å². The number of phosphoric ester groups is 1. The molecule has 4 atom stereocenters. The average Bonchev–Trinajstić information content (AvgIpc) is 3.28. The van der Waals surface area contributed by atoms with Crippen molar-refractivity contribution in [2.24, 2.45) is 5.11 Å². The van der Waals surface area contributed by atoms with Crippen LogP contribution in [-0.2, 0) is 23.1 Å². The molecule has 1 aliphatic heterocycles. The van der Waals surface area contributed by atoms with E-state index in [0.29, 0.717) is 12.2 Å². The number of unbranched alkanes of at least 4 members (excludes halogenated alkanes) is 9. The molecule has 1 fully saturated rings. The van der Waals surface area contributed by atoms with Gasteiger partial charge in [-0.3, -0.25) is 23.4 Å². The second kappa shape index (κ2) is 17.6. The number of aromatic nitrogens is 2. The first-order valence-electron chi connectivity index (χ1n) is 13.5. The number of nitrogens with zero attached hydrogens (tertiary/aromatic N) is 4. The Morgan fingerprint density at radius 2 is 1.76 bits per heavy atom. The van der Waals surface area contributed by atoms with Gasteiger partial charge in [-0.25, -0.2) is 9.36 Å². The molecule has 216 valence electrons. The fourth-order valence-electron chi connectivity index (χ4n) is 4.23. The van der Waals surface area contributed by atoms with Crippen molar-refractivity contribution in [3.8, 4) is 0 Å². The summed E-state index contributed by atoms with van der Waals surface area (Å²) < 4.78 is 34.6. The van der Waals surface area contributed by atoms with Crippen LogP contribution < -0.4 is 11.2 Å². The molecule has 13 nitrogen and oxygen atoms in total. The van der Waals surface area contributed by atoms with Crippen molar-refractivity contribution in [2.75, 3.05) is 26.4 Å². The van der Waals surface area contributed by atoms with Crippen LogP contribution in [-0.4, -0.2) is 53.0 Å². The molecule has 38 heavy (non-hydrogen) atoms. The molecule has 1 aliphatic rings. The molecule has 1 saturated heterocycles. The number of rotatable bonds is 20. The number of nitrogens with one attached hydrogen (secondary N) is 1. The first-order chi connectivity index (χ1) is 18.3. The Balaban J connectivity index is 1.63. The minimum Gasteiger partial charge on any atom is -0.379 e. The first-order valence-corrected chi connectivity index (χ1v) is 15.0. The number of H-pyrrole nitrogens is 1. The molecule has 1 aromatic rings. The third-order valence-corrected chi connectivity index (χ3v) is 7.37. The Morgan fingerprint density at radius 1 is 1.11 bits per heavy atom. The van der Waals surface area contributed by atoms with Crippen LogP contribution in [0.3, 0.4) is 0 Å². The summed E-state index contributed by atoms with van der Waals surface area (Å²) in [5.41, 5.74) is 7.97. The SMILES string of the molecule is CCCCCCCCCCCCOCCOP(=O)(O)OCC1OC(n2cc(C)c(=O)[nH]c2=O)CC1N=[N+]=[N-]. The maximum atomic E-state index is 12.2. The van der Waals surface area contributed by atoms with Gasteiger partial charge in [-0.15, -0.1) is 0 Å². The Morgan fingerprint density at radius 3 is 2.42 bits per heavy atom. The van der Waals surface area contributed by atoms with Crippen LogP contribution in [0, 0.1) is 6.92 Å². The summed E-state index contributed by atoms with van der Waals surface area (Å²) in [4.78, 5) is 38.7. The lowest BCUT2D eigenvalue weighted by molar-refractivity contribution is -0.0293. The van der Waals surface area contributed by atoms with Crippen molar-refractivity contribution >= 4 is 7.82 Å². The molecule has 0 saturated carbocycles. The molecule has 0 radical (unpaired) electrons. The number of aromatic amines is 1. The van der Waals surface area contributed by atoms with Gasteiger partial charge in [0.05, 0.1) is 32.0 Å². The van der Waals surface area contributed by atoms with Crippen molar-refractivity contribution in [3.05, 3.63) is 43.0 Å². The van der Waals surface area contributed by atoms with Crippen molar-refractivity contribution < 1.29 is 28.0 Å². The highest BCUT2D eigenvalue weighted by Gasteiger charge is 2.38. The van der Waals surface area contributed by atoms with Gasteiger partial charge in [-0.2, -0.15) is 0 Å². The van der Waals surface area contributed by atoms with E-state index in [1.54, 1.807) is 0 Å². The maximum Gasteiger partial charge on any atom is 0.472 e. The Bertz CT molecular complexity index is 1040. The van der Waals surface area contributed by atoms with Gasteiger partial charge in [0.2, 0.25) is 0 Å². The number of phosphoric acid groups is 1. The zero-order valence-corrected chi connectivity index (χ0v) is 23.4. The van der Waals surface area contributed by atoms with Crippen LogP contribution in [0.4, 0.5) is 0 Å². The lowest BCUT2D eigenvalue weighted by Gasteiger charge is -2.18. The van der Waals surface area contributed by atoms with E-state index in [-0.39, 0.29) is 19.6 Å². The van der Waals surface area contributed by atoms with Crippen LogP contribution in [0.2, 0.25) is 0 Å². The molecule has 14 heteroatoms. The molecular formula is C24H42N5O8P. The third-order valence-electron chi connectivity index (χ3n) is 6.39. The van der Waals surface area contributed by atoms with Gasteiger partial charge in [-0.05, 0) is 18.9 Å². The van der Waals surface area contributed by atoms with Crippen molar-refractivity contribution in [1.29, 1.82) is 0 Å². The molecule has 2 N–H and O–H groups in total. The van der Waals surface area contributed by atoms with Gasteiger partial charge < -0.3 is 14.4 Å². The van der Waals surface area contributed by atoms with Crippen LogP contribution in [0.25, 0.3) is 10.4 Å². The summed E-state index contributed by atoms with van der Waals surface area (Å²) in [6.07, 6.45) is 12.0. The van der Waals surface area contributed by atoms with E-state index in [0.717, 1.165) is 12.8 Å². The summed E-state index contributed by atoms with van der Waals surface area (Å²) in [5, 5.41) is 3.65. The van der Waals surface area contributed by atoms with Crippen LogP contribution >= 0.6 is 7.82 Å². The van der Waals surface area contributed by atoms with E-state index in [9.17, 15) is 19.0 Å². The molecular weight excluding hydrogens is 517 g/mol. The van der Waals surface area contributed by atoms with Crippen LogP contribution in [0.15, 0.2) is 20.9 Å². The minimum atomic E-state index is -4.40. The molecule has 4 unspecified atom stereocenters. The maximum absolute atomic E-state index is 12.2. The van der Waals surface area contributed by atoms with E-state index >= 15 is 0 Å². The Kier molecular flexibility index (Phi) is 14.9. The molecule has 0 spiro atoms. The highest BCUT2D eigenvalue weighted by Crippen LogP contribution is 2.44. The number of ether oxygens (including phenoxy) is 2. The summed E-state index contributed by atoms with van der Waals surface area (Å²) in [7, 11) is -4.40. The largest absolute Gasteiger partial charge is 0.472 e. The fourth-order valence-corrected chi connectivity index (χ4v) is 4.95. The van der Waals surface area contributed by atoms with Gasteiger partial charge in [0.25, 0.3) is 5.56 Å². The number of hydrogen-bond donors (Lipinski definition) is 2. The van der Waals surface area contributed by atoms with Crippen LogP contribution in [0.1, 0.15) is 89.3 Å². The monoisotopic (exact) mass is 559 g/mol. The lowest BCUT2D eigenvalue weighted by Crippen LogP contribution is -2.33. The number of aryl methyl sites for hydroxylation is 1. The quantitative estimate of drug-likeness (QED) is 0.0746. The van der Waals surface area contributed by atoms with Crippen molar-refractivity contribution in [3.63, 3.8) is 0 Å². The number of azide groups is 1. The summed E-state index contributed by atoms with van der Waals surface area (Å²) >= 11 is 0. The van der Waals surface area contributed by atoms with Gasteiger partial charge in [-0.1, -0.05) is 69.8 Å². The van der Waals surface area contributed by atoms with E-state index in [1.807, 2.05) is 0 Å². The molecule has 0 bridgehead atoms. The fraction of sp³-hybridized carbons (Fsp3) is 0.833. The molecule has 0 aromatic carbocycles. The average molecular weight is 560 g/mol. The highest BCUT2D eigenvalue weighted by atomic mass is 31.2. The predicted octanol–water partition coefficient (Wildman–Crippen LogP) is 4.88. The number of hydrogen-bond acceptors (Lipinski definition) is 8. The molecule has 0 amide bonds. The van der Waals surface area contributed by atoms with Crippen LogP contribution in [0.5, 0.6) is 0 Å². The molecule has 0 aliphatic carbocycles. The molecule has 2 rings (SSSR count). The van der Waals surface area contributed by atoms with Gasteiger partial charge in [0, 0.05) is 29.7 Å². The second-order valence-corrected chi connectivity index (χ2v) is 11.0. The molecule has 2 heterocycles. The predicted molar refractivity (Wildman–Crippen MR) is 142 cm³/mol. The first kappa shape index (κ1) is 32.2. The molecule has 1 aromatic heterocycles. The van der Waals surface area contributed by atoms with Crippen molar-refractivity contribution in [1.82, 2.24) is 9.55 Å². The third kappa shape index (κ3) is 11.8. The Labute approximate surface area is 223 Å². The normalized spacial score (nSPS) is 20.8. The summed E-state index contributed by atoms with van der Waals surface area (Å²) in [6, 6.07) is -0.756. The topological polar surface area (TPSA) is 178 Å². The van der Waals surface area contributed by atoms with E-state index in [4.69, 9.17) is 24.1 Å². The Hall–Kier alpha value is -1.98. The van der Waals surface area contributed by atoms with E-state index in [2.05, 4.69) is 21.9 Å². The zero-order chi connectivity index (χ0) is 27.8. The highest BCUT2D eigenvalue weighted by molar-refractivity contribution is 7.47. The summed E-state index contributed by atoms with van der Waals surface area (Å²) in [6.45, 7) is 3.96. The zero-order valence-electron chi connectivity index (χ0n) is 22.5. The van der Waals surface area contributed by atoms with E-state index < -0.39 is 44.1 Å². The second-order valence-electron chi connectivity index (χ2n) is 9.51. The smallest absolute Gasteiger partial charge is 0.379 e. The lowest BCUT2D eigenvalue weighted by atomic mass is 10.1. The van der Waals surface area contributed by atoms with Gasteiger partial charge in [0.1, 0.15) is 6.23 Å².